The molecule has 1 aromatic carbocycles. The number of carbonyl (C=O) groups is 1. The van der Waals surface area contributed by atoms with E-state index in [4.69, 9.17) is 5.73 Å². The summed E-state index contributed by atoms with van der Waals surface area (Å²) in [5.41, 5.74) is 5.07. The predicted octanol–water partition coefficient (Wildman–Crippen LogP) is 2.00. The Bertz CT molecular complexity index is 427. The summed E-state index contributed by atoms with van der Waals surface area (Å²) in [6.45, 7) is 0. The summed E-state index contributed by atoms with van der Waals surface area (Å²) in [7, 11) is 1.15. The van der Waals surface area contributed by atoms with E-state index in [2.05, 4.69) is 20.7 Å². The summed E-state index contributed by atoms with van der Waals surface area (Å²) < 4.78 is 30.9. The summed E-state index contributed by atoms with van der Waals surface area (Å²) in [6, 6.07) is -0.409. The number of hydrogen-bond donors (Lipinski definition) is 2. The number of carbonyl (C=O) groups excluding carboxylic acids is 1. The number of halogens is 3. The first kappa shape index (κ1) is 13.9. The average Bonchev–Trinajstić information content (AvgIpc) is 2.26. The van der Waals surface area contributed by atoms with E-state index in [1.165, 1.54) is 0 Å². The van der Waals surface area contributed by atoms with E-state index in [0.717, 1.165) is 13.2 Å². The lowest BCUT2D eigenvalue weighted by Crippen LogP contribution is -2.18. The third-order valence-electron chi connectivity index (χ3n) is 2.17. The van der Waals surface area contributed by atoms with Gasteiger partial charge in [-0.2, -0.15) is 0 Å². The van der Waals surface area contributed by atoms with E-state index in [9.17, 15) is 18.7 Å². The molecule has 0 heterocycles. The van der Waals surface area contributed by atoms with Crippen LogP contribution in [0.5, 0.6) is 5.75 Å². The third-order valence-corrected chi connectivity index (χ3v) is 2.77. The van der Waals surface area contributed by atoms with Gasteiger partial charge in [0.1, 0.15) is 5.75 Å². The number of ether oxygens (including phenoxy) is 1. The number of hydrogen-bond acceptors (Lipinski definition) is 4. The van der Waals surface area contributed by atoms with Crippen LogP contribution in [0.4, 0.5) is 8.78 Å². The molecule has 1 rings (SSSR count). The Kier molecular flexibility index (Phi) is 4.41. The van der Waals surface area contributed by atoms with E-state index in [0.29, 0.717) is 0 Å². The second kappa shape index (κ2) is 5.42. The topological polar surface area (TPSA) is 72.5 Å². The van der Waals surface area contributed by atoms with Crippen LogP contribution in [0.3, 0.4) is 0 Å². The quantitative estimate of drug-likeness (QED) is 0.661. The average molecular weight is 310 g/mol. The minimum Gasteiger partial charge on any atom is -0.506 e. The molecule has 1 atom stereocenters. The van der Waals surface area contributed by atoms with Gasteiger partial charge in [0.25, 0.3) is 0 Å². The van der Waals surface area contributed by atoms with Gasteiger partial charge in [-0.1, -0.05) is 0 Å². The molecule has 0 saturated heterocycles. The summed E-state index contributed by atoms with van der Waals surface area (Å²) in [4.78, 5) is 11.0. The first-order valence-electron chi connectivity index (χ1n) is 4.57. The van der Waals surface area contributed by atoms with Gasteiger partial charge in [-0.15, -0.1) is 0 Å². The number of methoxy groups -OCH3 is 1. The van der Waals surface area contributed by atoms with Crippen molar-refractivity contribution in [2.75, 3.05) is 7.11 Å². The second-order valence-corrected chi connectivity index (χ2v) is 4.16. The molecule has 0 bridgehead atoms. The monoisotopic (exact) mass is 309 g/mol. The molecule has 0 saturated carbocycles. The number of rotatable bonds is 3. The van der Waals surface area contributed by atoms with E-state index < -0.39 is 35.0 Å². The molecule has 17 heavy (non-hydrogen) atoms. The molecule has 0 amide bonds. The van der Waals surface area contributed by atoms with E-state index in [1.54, 1.807) is 0 Å². The van der Waals surface area contributed by atoms with Crippen molar-refractivity contribution in [2.24, 2.45) is 5.73 Å². The van der Waals surface area contributed by atoms with Gasteiger partial charge in [-0.25, -0.2) is 8.78 Å². The molecule has 94 valence electrons. The summed E-state index contributed by atoms with van der Waals surface area (Å²) in [5, 5.41) is 9.57. The van der Waals surface area contributed by atoms with Gasteiger partial charge >= 0.3 is 5.97 Å². The van der Waals surface area contributed by atoms with Crippen LogP contribution in [0.15, 0.2) is 10.5 Å². The van der Waals surface area contributed by atoms with E-state index >= 15 is 0 Å². The predicted molar refractivity (Wildman–Crippen MR) is 59.3 cm³/mol. The lowest BCUT2D eigenvalue weighted by molar-refractivity contribution is -0.141. The fourth-order valence-corrected chi connectivity index (χ4v) is 1.72. The highest BCUT2D eigenvalue weighted by molar-refractivity contribution is 9.10. The fourth-order valence-electron chi connectivity index (χ4n) is 1.31. The highest BCUT2D eigenvalue weighted by Gasteiger charge is 2.24. The van der Waals surface area contributed by atoms with Crippen LogP contribution >= 0.6 is 15.9 Å². The zero-order valence-corrected chi connectivity index (χ0v) is 10.4. The maximum absolute atomic E-state index is 13.5. The zero-order chi connectivity index (χ0) is 13.2. The summed E-state index contributed by atoms with van der Waals surface area (Å²) in [6.07, 6.45) is -0.364. The van der Waals surface area contributed by atoms with Crippen molar-refractivity contribution >= 4 is 21.9 Å². The third kappa shape index (κ3) is 2.92. The van der Waals surface area contributed by atoms with Gasteiger partial charge < -0.3 is 15.6 Å². The molecule has 0 unspecified atom stereocenters. The van der Waals surface area contributed by atoms with Gasteiger partial charge in [0, 0.05) is 6.04 Å². The van der Waals surface area contributed by atoms with Gasteiger partial charge in [-0.3, -0.25) is 4.79 Å². The number of phenols is 1. The molecular formula is C10H10BrF2NO3. The summed E-state index contributed by atoms with van der Waals surface area (Å²) in [5.74, 6) is -3.65. The first-order valence-corrected chi connectivity index (χ1v) is 5.36. The van der Waals surface area contributed by atoms with Crippen molar-refractivity contribution in [1.29, 1.82) is 0 Å². The van der Waals surface area contributed by atoms with Crippen LogP contribution in [-0.4, -0.2) is 18.2 Å². The Morgan fingerprint density at radius 3 is 2.76 bits per heavy atom. The van der Waals surface area contributed by atoms with Crippen molar-refractivity contribution in [2.45, 2.75) is 12.5 Å². The first-order chi connectivity index (χ1) is 7.88. The lowest BCUT2D eigenvalue weighted by atomic mass is 10.0. The van der Waals surface area contributed by atoms with Crippen LogP contribution in [0, 0.1) is 11.6 Å². The molecule has 4 nitrogen and oxygen atoms in total. The maximum Gasteiger partial charge on any atom is 0.307 e. The molecular weight excluding hydrogens is 300 g/mol. The Morgan fingerprint density at radius 2 is 2.24 bits per heavy atom. The van der Waals surface area contributed by atoms with Crippen LogP contribution in [0.25, 0.3) is 0 Å². The molecule has 0 aliphatic carbocycles. The van der Waals surface area contributed by atoms with Gasteiger partial charge in [0.2, 0.25) is 0 Å². The number of esters is 1. The van der Waals surface area contributed by atoms with Gasteiger partial charge in [0.15, 0.2) is 11.6 Å². The number of aromatic hydroxyl groups is 1. The normalized spacial score (nSPS) is 12.3. The molecule has 0 aromatic heterocycles. The van der Waals surface area contributed by atoms with Crippen molar-refractivity contribution in [3.05, 3.63) is 27.7 Å². The Hall–Kier alpha value is -1.21. The molecule has 0 aliphatic rings. The van der Waals surface area contributed by atoms with Crippen molar-refractivity contribution in [1.82, 2.24) is 0 Å². The summed E-state index contributed by atoms with van der Waals surface area (Å²) >= 11 is 2.85. The number of benzene rings is 1. The minimum atomic E-state index is -1.28. The Labute approximate surface area is 104 Å². The molecule has 0 aliphatic heterocycles. The minimum absolute atomic E-state index is 0.0354. The Balaban J connectivity index is 3.16. The second-order valence-electron chi connectivity index (χ2n) is 3.30. The zero-order valence-electron chi connectivity index (χ0n) is 8.84. The van der Waals surface area contributed by atoms with Crippen LogP contribution in [0.1, 0.15) is 18.0 Å². The van der Waals surface area contributed by atoms with Gasteiger partial charge in [0.05, 0.1) is 23.6 Å². The van der Waals surface area contributed by atoms with E-state index in [-0.39, 0.29) is 10.9 Å². The molecule has 0 spiro atoms. The molecule has 1 aromatic rings. The Morgan fingerprint density at radius 1 is 1.65 bits per heavy atom. The molecule has 0 radical (unpaired) electrons. The van der Waals surface area contributed by atoms with Crippen molar-refractivity contribution < 1.29 is 23.4 Å². The van der Waals surface area contributed by atoms with Crippen molar-refractivity contribution in [3.63, 3.8) is 0 Å². The fraction of sp³-hybridized carbons (Fsp3) is 0.300. The maximum atomic E-state index is 13.5. The smallest absolute Gasteiger partial charge is 0.307 e. The SMILES string of the molecule is COC(=O)C[C@@H](N)c1c(O)c(Br)cc(F)c1F. The van der Waals surface area contributed by atoms with Crippen LogP contribution in [0.2, 0.25) is 0 Å². The highest BCUT2D eigenvalue weighted by atomic mass is 79.9. The lowest BCUT2D eigenvalue weighted by Gasteiger charge is -2.14. The van der Waals surface area contributed by atoms with Crippen molar-refractivity contribution in [3.8, 4) is 5.75 Å². The van der Waals surface area contributed by atoms with Crippen LogP contribution in [-0.2, 0) is 9.53 Å². The number of nitrogens with two attached hydrogens (primary N) is 1. The standard InChI is InChI=1S/C10H10BrF2NO3/c1-17-7(15)3-6(14)8-9(13)5(12)2-4(11)10(8)16/h2,6,16H,3,14H2,1H3/t6-/m1/s1. The highest BCUT2D eigenvalue weighted by Crippen LogP contribution is 2.35. The molecule has 0 fully saturated rings. The molecule has 7 heteroatoms. The largest absolute Gasteiger partial charge is 0.506 e. The number of phenolic OH excluding ortho intramolecular Hbond substituents is 1. The van der Waals surface area contributed by atoms with Crippen LogP contribution < -0.4 is 5.73 Å². The molecule has 3 N–H and O–H groups in total. The van der Waals surface area contributed by atoms with E-state index in [1.807, 2.05) is 0 Å². The van der Waals surface area contributed by atoms with Gasteiger partial charge in [-0.05, 0) is 22.0 Å².